The smallest absolute Gasteiger partial charge is 0.301 e. The summed E-state index contributed by atoms with van der Waals surface area (Å²) in [5, 5.41) is 19.3. The number of aryl methyl sites for hydroxylation is 2. The number of nitrogens with zero attached hydrogens (tertiary/aromatic N) is 3. The van der Waals surface area contributed by atoms with Gasteiger partial charge in [0.1, 0.15) is 5.76 Å². The van der Waals surface area contributed by atoms with Crippen LogP contribution in [0, 0.1) is 13.8 Å². The highest BCUT2D eigenvalue weighted by Gasteiger charge is 2.47. The van der Waals surface area contributed by atoms with E-state index in [0.29, 0.717) is 22.7 Å². The van der Waals surface area contributed by atoms with Gasteiger partial charge in [-0.05, 0) is 43.0 Å². The van der Waals surface area contributed by atoms with Gasteiger partial charge in [0.25, 0.3) is 5.78 Å². The van der Waals surface area contributed by atoms with Crippen molar-refractivity contribution >= 4 is 23.3 Å². The van der Waals surface area contributed by atoms with Crippen molar-refractivity contribution < 1.29 is 14.7 Å². The number of amides is 1. The highest BCUT2D eigenvalue weighted by molar-refractivity contribution is 6.51. The maximum atomic E-state index is 13.1. The van der Waals surface area contributed by atoms with Crippen molar-refractivity contribution in [3.63, 3.8) is 0 Å². The largest absolute Gasteiger partial charge is 0.507 e. The van der Waals surface area contributed by atoms with Crippen molar-refractivity contribution in [2.24, 2.45) is 0 Å². The number of ketones is 1. The SMILES string of the molecule is Cc1ccc(C(O)=C2C(=O)C(=O)N(c3ccc(C)nn3)C2c2ccc(C(C)C)cc2)cc1. The minimum Gasteiger partial charge on any atom is -0.507 e. The molecule has 1 aromatic heterocycles. The monoisotopic (exact) mass is 427 g/mol. The number of hydrogen-bond acceptors (Lipinski definition) is 5. The summed E-state index contributed by atoms with van der Waals surface area (Å²) in [7, 11) is 0. The number of aliphatic hydroxyl groups is 1. The van der Waals surface area contributed by atoms with E-state index in [1.165, 1.54) is 4.90 Å². The Balaban J connectivity index is 1.91. The Kier molecular flexibility index (Phi) is 5.61. The molecule has 0 saturated carbocycles. The third-order valence-corrected chi connectivity index (χ3v) is 5.72. The van der Waals surface area contributed by atoms with Gasteiger partial charge in [0.2, 0.25) is 0 Å². The van der Waals surface area contributed by atoms with Crippen LogP contribution in [-0.4, -0.2) is 27.0 Å². The first-order chi connectivity index (χ1) is 15.3. The van der Waals surface area contributed by atoms with E-state index in [1.807, 2.05) is 43.3 Å². The van der Waals surface area contributed by atoms with E-state index >= 15 is 0 Å². The van der Waals surface area contributed by atoms with E-state index < -0.39 is 17.7 Å². The quantitative estimate of drug-likeness (QED) is 0.366. The van der Waals surface area contributed by atoms with Gasteiger partial charge in [-0.3, -0.25) is 14.5 Å². The average molecular weight is 428 g/mol. The summed E-state index contributed by atoms with van der Waals surface area (Å²) in [6.45, 7) is 7.93. The van der Waals surface area contributed by atoms with Gasteiger partial charge in [-0.1, -0.05) is 67.9 Å². The summed E-state index contributed by atoms with van der Waals surface area (Å²) in [5.41, 5.74) is 4.09. The summed E-state index contributed by atoms with van der Waals surface area (Å²) in [4.78, 5) is 27.6. The predicted octanol–water partition coefficient (Wildman–Crippen LogP) is 4.84. The number of carbonyl (C=O) groups is 2. The molecule has 1 aliphatic heterocycles. The van der Waals surface area contributed by atoms with Crippen LogP contribution in [-0.2, 0) is 9.59 Å². The summed E-state index contributed by atoms with van der Waals surface area (Å²) >= 11 is 0. The lowest BCUT2D eigenvalue weighted by Crippen LogP contribution is -2.30. The highest BCUT2D eigenvalue weighted by atomic mass is 16.3. The molecule has 1 unspecified atom stereocenters. The van der Waals surface area contributed by atoms with E-state index in [1.54, 1.807) is 31.2 Å². The van der Waals surface area contributed by atoms with Gasteiger partial charge in [-0.15, -0.1) is 5.10 Å². The van der Waals surface area contributed by atoms with Gasteiger partial charge in [0.05, 0.1) is 17.3 Å². The lowest BCUT2D eigenvalue weighted by Gasteiger charge is -2.24. The summed E-state index contributed by atoms with van der Waals surface area (Å²) in [6.07, 6.45) is 0. The molecule has 6 heteroatoms. The number of hydrogen-bond donors (Lipinski definition) is 1. The molecule has 1 saturated heterocycles. The first-order valence-electron chi connectivity index (χ1n) is 10.6. The molecule has 6 nitrogen and oxygen atoms in total. The third kappa shape index (κ3) is 3.80. The van der Waals surface area contributed by atoms with Crippen LogP contribution in [0.3, 0.4) is 0 Å². The maximum Gasteiger partial charge on any atom is 0.301 e. The molecule has 3 aromatic rings. The molecule has 1 aliphatic rings. The molecule has 4 rings (SSSR count). The first kappa shape index (κ1) is 21.4. The Bertz CT molecular complexity index is 1190. The molecule has 162 valence electrons. The molecular formula is C26H25N3O3. The molecular weight excluding hydrogens is 402 g/mol. The van der Waals surface area contributed by atoms with Crippen LogP contribution in [0.25, 0.3) is 5.76 Å². The van der Waals surface area contributed by atoms with Gasteiger partial charge >= 0.3 is 5.91 Å². The van der Waals surface area contributed by atoms with Crippen molar-refractivity contribution in [1.82, 2.24) is 10.2 Å². The van der Waals surface area contributed by atoms with Crippen LogP contribution < -0.4 is 4.90 Å². The van der Waals surface area contributed by atoms with Crippen LogP contribution in [0.2, 0.25) is 0 Å². The fraction of sp³-hybridized carbons (Fsp3) is 0.231. The first-order valence-corrected chi connectivity index (χ1v) is 10.6. The van der Waals surface area contributed by atoms with Gasteiger partial charge in [0.15, 0.2) is 5.82 Å². The summed E-state index contributed by atoms with van der Waals surface area (Å²) in [5.74, 6) is -1.09. The van der Waals surface area contributed by atoms with Gasteiger partial charge in [-0.2, -0.15) is 5.10 Å². The second-order valence-corrected chi connectivity index (χ2v) is 8.39. The van der Waals surface area contributed by atoms with E-state index in [9.17, 15) is 14.7 Å². The Hall–Kier alpha value is -3.80. The summed E-state index contributed by atoms with van der Waals surface area (Å²) < 4.78 is 0. The Morgan fingerprint density at radius 3 is 2.12 bits per heavy atom. The lowest BCUT2D eigenvalue weighted by atomic mass is 9.93. The molecule has 1 N–H and O–H groups in total. The van der Waals surface area contributed by atoms with Crippen molar-refractivity contribution in [2.75, 3.05) is 4.90 Å². The molecule has 0 aliphatic carbocycles. The van der Waals surface area contributed by atoms with E-state index in [0.717, 1.165) is 11.1 Å². The third-order valence-electron chi connectivity index (χ3n) is 5.72. The maximum absolute atomic E-state index is 13.1. The molecule has 0 bridgehead atoms. The van der Waals surface area contributed by atoms with Crippen LogP contribution in [0.5, 0.6) is 0 Å². The van der Waals surface area contributed by atoms with Crippen LogP contribution in [0.15, 0.2) is 66.2 Å². The van der Waals surface area contributed by atoms with Crippen molar-refractivity contribution in [1.29, 1.82) is 0 Å². The minimum atomic E-state index is -0.811. The average Bonchev–Trinajstić information content (AvgIpc) is 3.05. The summed E-state index contributed by atoms with van der Waals surface area (Å²) in [6, 6.07) is 17.5. The number of aliphatic hydroxyl groups excluding tert-OH is 1. The molecule has 2 heterocycles. The second kappa shape index (κ2) is 8.38. The minimum absolute atomic E-state index is 0.0403. The van der Waals surface area contributed by atoms with Crippen LogP contribution >= 0.6 is 0 Å². The Morgan fingerprint density at radius 2 is 1.56 bits per heavy atom. The fourth-order valence-corrected chi connectivity index (χ4v) is 3.83. The molecule has 0 spiro atoms. The highest BCUT2D eigenvalue weighted by Crippen LogP contribution is 2.41. The van der Waals surface area contributed by atoms with Crippen LogP contribution in [0.1, 0.15) is 53.8 Å². The number of carbonyl (C=O) groups excluding carboxylic acids is 2. The number of rotatable bonds is 4. The van der Waals surface area contributed by atoms with Crippen LogP contribution in [0.4, 0.5) is 5.82 Å². The topological polar surface area (TPSA) is 83.4 Å². The van der Waals surface area contributed by atoms with Crippen molar-refractivity contribution in [2.45, 2.75) is 39.7 Å². The zero-order valence-electron chi connectivity index (χ0n) is 18.5. The lowest BCUT2D eigenvalue weighted by molar-refractivity contribution is -0.132. The van der Waals surface area contributed by atoms with E-state index in [4.69, 9.17) is 0 Å². The molecule has 32 heavy (non-hydrogen) atoms. The molecule has 1 fully saturated rings. The number of benzene rings is 2. The number of aromatic nitrogens is 2. The molecule has 2 aromatic carbocycles. The predicted molar refractivity (Wildman–Crippen MR) is 123 cm³/mol. The molecule has 1 amide bonds. The van der Waals surface area contributed by atoms with Crippen molar-refractivity contribution in [3.8, 4) is 0 Å². The van der Waals surface area contributed by atoms with Gasteiger partial charge in [-0.25, -0.2) is 0 Å². The van der Waals surface area contributed by atoms with Gasteiger partial charge < -0.3 is 5.11 Å². The number of anilines is 1. The second-order valence-electron chi connectivity index (χ2n) is 8.39. The normalized spacial score (nSPS) is 17.9. The Labute approximate surface area is 187 Å². The van der Waals surface area contributed by atoms with E-state index in [-0.39, 0.29) is 17.2 Å². The Morgan fingerprint density at radius 1 is 0.906 bits per heavy atom. The van der Waals surface area contributed by atoms with Gasteiger partial charge in [0, 0.05) is 5.56 Å². The zero-order chi connectivity index (χ0) is 23.0. The zero-order valence-corrected chi connectivity index (χ0v) is 18.5. The van der Waals surface area contributed by atoms with Crippen molar-refractivity contribution in [3.05, 3.63) is 94.2 Å². The number of Topliss-reactive ketones (excluding diaryl/α,β-unsaturated/α-hetero) is 1. The molecule has 0 radical (unpaired) electrons. The fourth-order valence-electron chi connectivity index (χ4n) is 3.83. The van der Waals surface area contributed by atoms with E-state index in [2.05, 4.69) is 24.0 Å². The standard InChI is InChI=1S/C26H25N3O3/c1-15(2)18-10-12-19(13-11-18)23-22(24(30)20-8-5-16(3)6-9-20)25(31)26(32)29(23)21-14-7-17(4)27-28-21/h5-15,23,30H,1-4H3. The molecule has 1 atom stereocenters.